The van der Waals surface area contributed by atoms with E-state index in [1.165, 1.54) is 12.1 Å². The number of piperidine rings is 1. The van der Waals surface area contributed by atoms with Gasteiger partial charge in [-0.05, 0) is 38.1 Å². The number of halogens is 1. The number of primary amides is 1. The summed E-state index contributed by atoms with van der Waals surface area (Å²) in [7, 11) is 2.01. The molecular weight excluding hydrogens is 273 g/mol. The lowest BCUT2D eigenvalue weighted by molar-refractivity contribution is 0.152. The van der Waals surface area contributed by atoms with Crippen molar-refractivity contribution in [2.24, 2.45) is 5.73 Å². The number of benzene rings is 1. The maximum absolute atomic E-state index is 13.3. The van der Waals surface area contributed by atoms with Gasteiger partial charge in [0.05, 0.1) is 17.1 Å². The zero-order valence-electron chi connectivity index (χ0n) is 11.8. The molecule has 0 radical (unpaired) electrons. The van der Waals surface area contributed by atoms with Crippen LogP contribution in [0.2, 0.25) is 0 Å². The third kappa shape index (κ3) is 2.82. The maximum Gasteiger partial charge on any atom is 0.312 e. The van der Waals surface area contributed by atoms with Crippen LogP contribution in [0.4, 0.5) is 9.18 Å². The molecule has 1 saturated heterocycles. The number of carbonyl (C=O) groups is 1. The number of amides is 2. The molecule has 1 aliphatic heterocycles. The van der Waals surface area contributed by atoms with Gasteiger partial charge < -0.3 is 16.0 Å². The van der Waals surface area contributed by atoms with E-state index in [0.717, 1.165) is 30.7 Å². The van der Waals surface area contributed by atoms with Gasteiger partial charge in [-0.1, -0.05) is 0 Å². The molecule has 1 aromatic heterocycles. The van der Waals surface area contributed by atoms with Crippen molar-refractivity contribution in [1.82, 2.24) is 20.2 Å². The molecule has 0 aliphatic carbocycles. The number of aromatic nitrogens is 2. The van der Waals surface area contributed by atoms with Crippen LogP contribution < -0.4 is 11.1 Å². The standard InChI is InChI=1S/C14H18FN5O/c1-20-5-4-9(17-14(16)21)7-12(20)13-18-10-3-2-8(15)6-11(10)19-13/h2-3,6,9,12H,4-5,7H2,1H3,(H,18,19)(H3,16,17,21). The number of nitrogens with two attached hydrogens (primary N) is 1. The van der Waals surface area contributed by atoms with Gasteiger partial charge in [-0.2, -0.15) is 0 Å². The molecule has 1 aromatic carbocycles. The van der Waals surface area contributed by atoms with Crippen LogP contribution in [0.25, 0.3) is 11.0 Å². The van der Waals surface area contributed by atoms with Crippen LogP contribution >= 0.6 is 0 Å². The SMILES string of the molecule is CN1CCC(NC(N)=O)CC1c1nc2ccc(F)cc2[nH]1. The van der Waals surface area contributed by atoms with Crippen molar-refractivity contribution in [2.45, 2.75) is 24.9 Å². The Labute approximate surface area is 121 Å². The number of hydrogen-bond acceptors (Lipinski definition) is 3. The third-order valence-electron chi connectivity index (χ3n) is 3.99. The van der Waals surface area contributed by atoms with Gasteiger partial charge in [-0.15, -0.1) is 0 Å². The summed E-state index contributed by atoms with van der Waals surface area (Å²) in [5.41, 5.74) is 6.62. The van der Waals surface area contributed by atoms with Crippen molar-refractivity contribution >= 4 is 17.1 Å². The van der Waals surface area contributed by atoms with Crippen LogP contribution in [0, 0.1) is 5.82 Å². The van der Waals surface area contributed by atoms with Gasteiger partial charge in [-0.25, -0.2) is 14.2 Å². The molecule has 0 bridgehead atoms. The lowest BCUT2D eigenvalue weighted by Gasteiger charge is -2.36. The molecule has 2 unspecified atom stereocenters. The highest BCUT2D eigenvalue weighted by Gasteiger charge is 2.29. The number of fused-ring (bicyclic) bond motifs is 1. The zero-order valence-corrected chi connectivity index (χ0v) is 11.8. The predicted octanol–water partition coefficient (Wildman–Crippen LogP) is 1.51. The first-order valence-corrected chi connectivity index (χ1v) is 6.94. The second-order valence-corrected chi connectivity index (χ2v) is 5.51. The normalized spacial score (nSPS) is 23.3. The number of aromatic amines is 1. The van der Waals surface area contributed by atoms with E-state index >= 15 is 0 Å². The van der Waals surface area contributed by atoms with Gasteiger partial charge in [0.2, 0.25) is 0 Å². The predicted molar refractivity (Wildman–Crippen MR) is 77.2 cm³/mol. The number of nitrogens with zero attached hydrogens (tertiary/aromatic N) is 2. The number of hydrogen-bond donors (Lipinski definition) is 3. The number of likely N-dealkylation sites (tertiary alicyclic amines) is 1. The number of rotatable bonds is 2. The first-order chi connectivity index (χ1) is 10.0. The Morgan fingerprint density at radius 2 is 2.38 bits per heavy atom. The van der Waals surface area contributed by atoms with Gasteiger partial charge in [0, 0.05) is 12.6 Å². The quantitative estimate of drug-likeness (QED) is 0.783. The smallest absolute Gasteiger partial charge is 0.312 e. The van der Waals surface area contributed by atoms with Gasteiger partial charge in [0.25, 0.3) is 0 Å². The fourth-order valence-corrected chi connectivity index (χ4v) is 2.89. The fraction of sp³-hybridized carbons (Fsp3) is 0.429. The first kappa shape index (κ1) is 13.8. The summed E-state index contributed by atoms with van der Waals surface area (Å²) in [6.45, 7) is 0.834. The molecule has 2 amide bonds. The first-order valence-electron chi connectivity index (χ1n) is 6.94. The minimum absolute atomic E-state index is 0.0358. The Morgan fingerprint density at radius 1 is 1.57 bits per heavy atom. The molecule has 0 spiro atoms. The summed E-state index contributed by atoms with van der Waals surface area (Å²) >= 11 is 0. The van der Waals surface area contributed by atoms with E-state index in [0.29, 0.717) is 5.52 Å². The second kappa shape index (κ2) is 5.33. The Hall–Kier alpha value is -2.15. The van der Waals surface area contributed by atoms with Crippen LogP contribution in [0.15, 0.2) is 18.2 Å². The summed E-state index contributed by atoms with van der Waals surface area (Å²) in [4.78, 5) is 20.9. The maximum atomic E-state index is 13.3. The van der Waals surface area contributed by atoms with Crippen LogP contribution in [0.3, 0.4) is 0 Å². The van der Waals surface area contributed by atoms with Crippen molar-refractivity contribution in [3.8, 4) is 0 Å². The van der Waals surface area contributed by atoms with Crippen LogP contribution in [-0.4, -0.2) is 40.5 Å². The van der Waals surface area contributed by atoms with E-state index in [9.17, 15) is 9.18 Å². The highest BCUT2D eigenvalue weighted by Crippen LogP contribution is 2.29. The molecule has 21 heavy (non-hydrogen) atoms. The molecule has 2 aromatic rings. The van der Waals surface area contributed by atoms with Gasteiger partial charge in [0.15, 0.2) is 0 Å². The van der Waals surface area contributed by atoms with E-state index < -0.39 is 6.03 Å². The monoisotopic (exact) mass is 291 g/mol. The molecule has 1 aliphatic rings. The lowest BCUT2D eigenvalue weighted by Crippen LogP contribution is -2.46. The number of H-pyrrole nitrogens is 1. The summed E-state index contributed by atoms with van der Waals surface area (Å²) in [5.74, 6) is 0.497. The number of carbonyl (C=O) groups excluding carboxylic acids is 1. The van der Waals surface area contributed by atoms with E-state index in [4.69, 9.17) is 5.73 Å². The van der Waals surface area contributed by atoms with E-state index in [-0.39, 0.29) is 17.9 Å². The van der Waals surface area contributed by atoms with Crippen molar-refractivity contribution < 1.29 is 9.18 Å². The molecule has 2 heterocycles. The number of urea groups is 1. The summed E-state index contributed by atoms with van der Waals surface area (Å²) in [6, 6.07) is 4.07. The van der Waals surface area contributed by atoms with Crippen molar-refractivity contribution in [3.63, 3.8) is 0 Å². The number of imidazole rings is 1. The lowest BCUT2D eigenvalue weighted by atomic mass is 9.97. The highest BCUT2D eigenvalue weighted by atomic mass is 19.1. The molecule has 3 rings (SSSR count). The summed E-state index contributed by atoms with van der Waals surface area (Å²) < 4.78 is 13.3. The summed E-state index contributed by atoms with van der Waals surface area (Å²) in [6.07, 6.45) is 1.58. The largest absolute Gasteiger partial charge is 0.352 e. The molecule has 6 nitrogen and oxygen atoms in total. The Morgan fingerprint density at radius 3 is 3.14 bits per heavy atom. The molecule has 1 fully saturated rings. The summed E-state index contributed by atoms with van der Waals surface area (Å²) in [5, 5.41) is 2.76. The van der Waals surface area contributed by atoms with Crippen LogP contribution in [0.5, 0.6) is 0 Å². The van der Waals surface area contributed by atoms with Crippen molar-refractivity contribution in [2.75, 3.05) is 13.6 Å². The van der Waals surface area contributed by atoms with E-state index in [1.54, 1.807) is 6.07 Å². The molecular formula is C14H18FN5O. The Kier molecular flexibility index (Phi) is 3.50. The Bertz CT molecular complexity index is 670. The average molecular weight is 291 g/mol. The third-order valence-corrected chi connectivity index (χ3v) is 3.99. The second-order valence-electron chi connectivity index (χ2n) is 5.51. The van der Waals surface area contributed by atoms with Crippen LogP contribution in [0.1, 0.15) is 24.7 Å². The molecule has 112 valence electrons. The van der Waals surface area contributed by atoms with Gasteiger partial charge in [-0.3, -0.25) is 4.90 Å². The Balaban J connectivity index is 1.86. The van der Waals surface area contributed by atoms with Crippen LogP contribution in [-0.2, 0) is 0 Å². The fourth-order valence-electron chi connectivity index (χ4n) is 2.89. The zero-order chi connectivity index (χ0) is 15.0. The van der Waals surface area contributed by atoms with Crippen molar-refractivity contribution in [1.29, 1.82) is 0 Å². The van der Waals surface area contributed by atoms with Crippen molar-refractivity contribution in [3.05, 3.63) is 29.8 Å². The molecule has 4 N–H and O–H groups in total. The van der Waals surface area contributed by atoms with Gasteiger partial charge >= 0.3 is 6.03 Å². The molecule has 7 heteroatoms. The van der Waals surface area contributed by atoms with E-state index in [1.807, 2.05) is 7.05 Å². The minimum Gasteiger partial charge on any atom is -0.352 e. The minimum atomic E-state index is -0.505. The molecule has 2 atom stereocenters. The van der Waals surface area contributed by atoms with E-state index in [2.05, 4.69) is 20.2 Å². The number of nitrogens with one attached hydrogen (secondary N) is 2. The molecule has 0 saturated carbocycles. The van der Waals surface area contributed by atoms with Gasteiger partial charge in [0.1, 0.15) is 11.6 Å². The topological polar surface area (TPSA) is 87.0 Å². The average Bonchev–Trinajstić information content (AvgIpc) is 2.83. The highest BCUT2D eigenvalue weighted by molar-refractivity contribution is 5.75.